The van der Waals surface area contributed by atoms with Gasteiger partial charge in [-0.3, -0.25) is 0 Å². The number of nitrogens with zero attached hydrogens (tertiary/aromatic N) is 1. The van der Waals surface area contributed by atoms with Crippen molar-refractivity contribution in [3.8, 4) is 49.8 Å². The molecule has 0 fully saturated rings. The molecule has 0 radical (unpaired) electrons. The number of thiazole rings is 1. The molecule has 5 heteroatoms. The van der Waals surface area contributed by atoms with E-state index in [4.69, 9.17) is 28.2 Å². The summed E-state index contributed by atoms with van der Waals surface area (Å²) in [5, 5.41) is 15.4. The lowest BCUT2D eigenvalue weighted by molar-refractivity contribution is 0.478. The number of hydrogen-bond acceptors (Lipinski definition) is 3. The van der Waals surface area contributed by atoms with Crippen molar-refractivity contribution in [1.82, 2.24) is 4.98 Å². The SMILES string of the molecule is CC(C)(C)c1cc(-c2nc(-c3c(Cl)cccc3Cl)cs2)c(O)c(-c2ccccc2-c2ccccc2)c1. The Labute approximate surface area is 225 Å². The van der Waals surface area contributed by atoms with Gasteiger partial charge in [0.1, 0.15) is 10.8 Å². The molecule has 5 rings (SSSR count). The quantitative estimate of drug-likeness (QED) is 0.251. The van der Waals surface area contributed by atoms with Gasteiger partial charge in [-0.1, -0.05) is 105 Å². The second-order valence-electron chi connectivity index (χ2n) is 9.72. The van der Waals surface area contributed by atoms with Gasteiger partial charge < -0.3 is 5.11 Å². The number of phenolic OH excluding ortho intramolecular Hbond substituents is 1. The predicted molar refractivity (Wildman–Crippen MR) is 154 cm³/mol. The molecule has 180 valence electrons. The molecule has 0 saturated heterocycles. The molecule has 4 aromatic carbocycles. The lowest BCUT2D eigenvalue weighted by atomic mass is 9.83. The molecule has 1 aromatic heterocycles. The predicted octanol–water partition coefficient (Wildman–Crippen LogP) is 10.1. The van der Waals surface area contributed by atoms with E-state index >= 15 is 0 Å². The fourth-order valence-electron chi connectivity index (χ4n) is 4.28. The van der Waals surface area contributed by atoms with Crippen molar-refractivity contribution in [2.24, 2.45) is 0 Å². The van der Waals surface area contributed by atoms with Crippen LogP contribution < -0.4 is 0 Å². The van der Waals surface area contributed by atoms with Crippen LogP contribution in [0, 0.1) is 0 Å². The molecule has 0 atom stereocenters. The Morgan fingerprint density at radius 1 is 0.722 bits per heavy atom. The van der Waals surface area contributed by atoms with E-state index in [2.05, 4.69) is 51.1 Å². The van der Waals surface area contributed by atoms with E-state index in [1.807, 2.05) is 47.8 Å². The summed E-state index contributed by atoms with van der Waals surface area (Å²) in [6, 6.07) is 28.0. The maximum absolute atomic E-state index is 11.7. The largest absolute Gasteiger partial charge is 0.507 e. The molecule has 1 heterocycles. The minimum Gasteiger partial charge on any atom is -0.507 e. The normalized spacial score (nSPS) is 11.6. The summed E-state index contributed by atoms with van der Waals surface area (Å²) in [5.74, 6) is 0.206. The summed E-state index contributed by atoms with van der Waals surface area (Å²) in [5.41, 5.74) is 6.98. The third-order valence-electron chi connectivity index (χ3n) is 6.23. The molecule has 0 bridgehead atoms. The third-order valence-corrected chi connectivity index (χ3v) is 7.74. The fourth-order valence-corrected chi connectivity index (χ4v) is 5.70. The number of hydrogen-bond donors (Lipinski definition) is 1. The zero-order valence-corrected chi connectivity index (χ0v) is 22.5. The van der Waals surface area contributed by atoms with Gasteiger partial charge >= 0.3 is 0 Å². The molecular formula is C31H25Cl2NOS. The Hall–Kier alpha value is -3.11. The van der Waals surface area contributed by atoms with Crippen LogP contribution in [0.3, 0.4) is 0 Å². The second-order valence-corrected chi connectivity index (χ2v) is 11.4. The van der Waals surface area contributed by atoms with Gasteiger partial charge in [0, 0.05) is 16.5 Å². The lowest BCUT2D eigenvalue weighted by Gasteiger charge is -2.23. The highest BCUT2D eigenvalue weighted by molar-refractivity contribution is 7.13. The first kappa shape index (κ1) is 24.6. The monoisotopic (exact) mass is 529 g/mol. The first-order chi connectivity index (χ1) is 17.2. The number of aromatic nitrogens is 1. The Kier molecular flexibility index (Phi) is 6.65. The van der Waals surface area contributed by atoms with E-state index in [-0.39, 0.29) is 11.2 Å². The molecule has 0 aliphatic rings. The van der Waals surface area contributed by atoms with Gasteiger partial charge in [0.05, 0.1) is 21.3 Å². The van der Waals surface area contributed by atoms with Gasteiger partial charge in [-0.15, -0.1) is 11.3 Å². The van der Waals surface area contributed by atoms with E-state index in [1.54, 1.807) is 12.1 Å². The Balaban J connectivity index is 1.72. The fraction of sp³-hybridized carbons (Fsp3) is 0.129. The summed E-state index contributed by atoms with van der Waals surface area (Å²) >= 11 is 14.4. The highest BCUT2D eigenvalue weighted by Crippen LogP contribution is 2.46. The van der Waals surface area contributed by atoms with Crippen molar-refractivity contribution in [3.63, 3.8) is 0 Å². The lowest BCUT2D eigenvalue weighted by Crippen LogP contribution is -2.11. The van der Waals surface area contributed by atoms with Crippen molar-refractivity contribution < 1.29 is 5.11 Å². The van der Waals surface area contributed by atoms with Crippen LogP contribution in [-0.4, -0.2) is 10.1 Å². The van der Waals surface area contributed by atoms with Gasteiger partial charge in [0.25, 0.3) is 0 Å². The number of rotatable bonds is 4. The minimum absolute atomic E-state index is 0.134. The molecule has 36 heavy (non-hydrogen) atoms. The van der Waals surface area contributed by atoms with Gasteiger partial charge in [-0.25, -0.2) is 4.98 Å². The smallest absolute Gasteiger partial charge is 0.133 e. The molecular weight excluding hydrogens is 505 g/mol. The minimum atomic E-state index is -0.134. The summed E-state index contributed by atoms with van der Waals surface area (Å²) in [6.45, 7) is 6.52. The molecule has 2 nitrogen and oxygen atoms in total. The first-order valence-electron chi connectivity index (χ1n) is 11.7. The molecule has 0 aliphatic heterocycles. The van der Waals surface area contributed by atoms with Gasteiger partial charge in [-0.2, -0.15) is 0 Å². The van der Waals surface area contributed by atoms with E-state index in [9.17, 15) is 5.11 Å². The highest BCUT2D eigenvalue weighted by Gasteiger charge is 2.23. The van der Waals surface area contributed by atoms with Gasteiger partial charge in [-0.05, 0) is 51.9 Å². The Morgan fingerprint density at radius 3 is 2.00 bits per heavy atom. The zero-order valence-electron chi connectivity index (χ0n) is 20.2. The van der Waals surface area contributed by atoms with Crippen LogP contribution in [0.4, 0.5) is 0 Å². The Morgan fingerprint density at radius 2 is 1.33 bits per heavy atom. The highest BCUT2D eigenvalue weighted by atomic mass is 35.5. The Bertz CT molecular complexity index is 1530. The average Bonchev–Trinajstić information content (AvgIpc) is 3.33. The average molecular weight is 531 g/mol. The van der Waals surface area contributed by atoms with Crippen molar-refractivity contribution >= 4 is 34.5 Å². The van der Waals surface area contributed by atoms with E-state index < -0.39 is 0 Å². The number of aromatic hydroxyl groups is 1. The van der Waals surface area contributed by atoms with Crippen LogP contribution in [-0.2, 0) is 5.41 Å². The first-order valence-corrected chi connectivity index (χ1v) is 13.3. The maximum atomic E-state index is 11.7. The van der Waals surface area contributed by atoms with E-state index in [0.717, 1.165) is 27.8 Å². The van der Waals surface area contributed by atoms with Crippen molar-refractivity contribution in [3.05, 3.63) is 106 Å². The summed E-state index contributed by atoms with van der Waals surface area (Å²) in [7, 11) is 0. The third kappa shape index (κ3) is 4.67. The van der Waals surface area contributed by atoms with E-state index in [0.29, 0.717) is 31.9 Å². The molecule has 0 unspecified atom stereocenters. The summed E-state index contributed by atoms with van der Waals surface area (Å²) in [4.78, 5) is 4.86. The van der Waals surface area contributed by atoms with Crippen LogP contribution in [0.2, 0.25) is 10.0 Å². The van der Waals surface area contributed by atoms with Crippen LogP contribution in [0.1, 0.15) is 26.3 Å². The van der Waals surface area contributed by atoms with E-state index in [1.165, 1.54) is 11.3 Å². The number of benzene rings is 4. The van der Waals surface area contributed by atoms with Crippen LogP contribution in [0.25, 0.3) is 44.1 Å². The molecule has 0 amide bonds. The molecule has 0 aliphatic carbocycles. The van der Waals surface area contributed by atoms with Crippen LogP contribution >= 0.6 is 34.5 Å². The topological polar surface area (TPSA) is 33.1 Å². The summed E-state index contributed by atoms with van der Waals surface area (Å²) < 4.78 is 0. The van der Waals surface area contributed by atoms with Crippen molar-refractivity contribution in [2.75, 3.05) is 0 Å². The second kappa shape index (κ2) is 9.74. The number of phenols is 1. The zero-order chi connectivity index (χ0) is 25.4. The number of halogens is 2. The van der Waals surface area contributed by atoms with Gasteiger partial charge in [0.15, 0.2) is 0 Å². The van der Waals surface area contributed by atoms with Crippen LogP contribution in [0.5, 0.6) is 5.75 Å². The maximum Gasteiger partial charge on any atom is 0.133 e. The standard InChI is InChI=1S/C31H25Cl2NOS/c1-31(2,3)20-16-23(22-13-8-7-12-21(22)19-10-5-4-6-11-19)29(35)24(17-20)30-34-27(18-36-30)28-25(32)14-9-15-26(28)33/h4-18,35H,1-3H3. The van der Waals surface area contributed by atoms with Crippen molar-refractivity contribution in [1.29, 1.82) is 0 Å². The molecule has 0 spiro atoms. The summed E-state index contributed by atoms with van der Waals surface area (Å²) in [6.07, 6.45) is 0. The van der Waals surface area contributed by atoms with Crippen molar-refractivity contribution in [2.45, 2.75) is 26.2 Å². The molecule has 5 aromatic rings. The molecule has 0 saturated carbocycles. The van der Waals surface area contributed by atoms with Crippen LogP contribution in [0.15, 0.2) is 90.3 Å². The van der Waals surface area contributed by atoms with Gasteiger partial charge in [0.2, 0.25) is 0 Å². The molecule has 1 N–H and O–H groups in total.